The van der Waals surface area contributed by atoms with Gasteiger partial charge in [-0.25, -0.2) is 4.98 Å². The average molecular weight is 241 g/mol. The number of hydrogen-bond donors (Lipinski definition) is 0. The summed E-state index contributed by atoms with van der Waals surface area (Å²) >= 11 is 5.82. The molecule has 0 amide bonds. The maximum absolute atomic E-state index is 11.3. The van der Waals surface area contributed by atoms with Gasteiger partial charge in [-0.3, -0.25) is 9.20 Å². The minimum atomic E-state index is -0.343. The van der Waals surface area contributed by atoms with Gasteiger partial charge >= 0.3 is 5.97 Å². The number of halogens is 1. The second-order valence-corrected chi connectivity index (χ2v) is 3.37. The summed E-state index contributed by atoms with van der Waals surface area (Å²) in [6, 6.07) is 0. The van der Waals surface area contributed by atoms with Crippen LogP contribution in [0, 0.1) is 0 Å². The molecule has 0 saturated carbocycles. The molecule has 7 heteroatoms. The van der Waals surface area contributed by atoms with Crippen LogP contribution in [0.1, 0.15) is 12.7 Å². The Morgan fingerprint density at radius 2 is 2.38 bits per heavy atom. The minimum Gasteiger partial charge on any atom is -0.466 e. The topological polar surface area (TPSA) is 69.4 Å². The Hall–Kier alpha value is -1.69. The van der Waals surface area contributed by atoms with Crippen LogP contribution in [-0.2, 0) is 16.0 Å². The molecule has 0 fully saturated rings. The highest BCUT2D eigenvalue weighted by molar-refractivity contribution is 6.32. The fraction of sp³-hybridized carbons (Fsp3) is 0.333. The summed E-state index contributed by atoms with van der Waals surface area (Å²) in [5, 5.41) is 7.96. The Morgan fingerprint density at radius 1 is 1.56 bits per heavy atom. The molecule has 2 aromatic heterocycles. The fourth-order valence-corrected chi connectivity index (χ4v) is 1.49. The first kappa shape index (κ1) is 10.8. The summed E-state index contributed by atoms with van der Waals surface area (Å²) < 4.78 is 6.44. The fourth-order valence-electron chi connectivity index (χ4n) is 1.31. The van der Waals surface area contributed by atoms with E-state index in [2.05, 4.69) is 15.2 Å². The molecule has 84 valence electrons. The summed E-state index contributed by atoms with van der Waals surface area (Å²) in [6.07, 6.45) is 3.23. The number of ether oxygens (including phenoxy) is 1. The van der Waals surface area contributed by atoms with Crippen LogP contribution in [0.5, 0.6) is 0 Å². The number of fused-ring (bicyclic) bond motifs is 1. The van der Waals surface area contributed by atoms with E-state index in [1.807, 2.05) is 0 Å². The molecule has 2 rings (SSSR count). The Kier molecular flexibility index (Phi) is 3.00. The largest absolute Gasteiger partial charge is 0.466 e. The summed E-state index contributed by atoms with van der Waals surface area (Å²) in [7, 11) is 0. The van der Waals surface area contributed by atoms with Gasteiger partial charge in [-0.15, -0.1) is 10.2 Å². The van der Waals surface area contributed by atoms with Crippen molar-refractivity contribution in [3.8, 4) is 0 Å². The van der Waals surface area contributed by atoms with E-state index in [0.29, 0.717) is 18.1 Å². The molecule has 0 aliphatic heterocycles. The molecule has 0 unspecified atom stereocenters. The van der Waals surface area contributed by atoms with Crippen LogP contribution >= 0.6 is 11.6 Å². The van der Waals surface area contributed by atoms with Gasteiger partial charge in [0.05, 0.1) is 6.61 Å². The van der Waals surface area contributed by atoms with Gasteiger partial charge in [0.15, 0.2) is 10.8 Å². The predicted molar refractivity (Wildman–Crippen MR) is 56.1 cm³/mol. The van der Waals surface area contributed by atoms with Crippen LogP contribution in [0.3, 0.4) is 0 Å². The first-order chi connectivity index (χ1) is 7.72. The molecule has 0 aliphatic carbocycles. The molecule has 0 atom stereocenters. The van der Waals surface area contributed by atoms with Crippen molar-refractivity contribution in [2.24, 2.45) is 0 Å². The van der Waals surface area contributed by atoms with E-state index in [1.54, 1.807) is 17.5 Å². The van der Waals surface area contributed by atoms with E-state index >= 15 is 0 Å². The number of nitrogens with zero attached hydrogens (tertiary/aromatic N) is 4. The number of rotatable bonds is 3. The van der Waals surface area contributed by atoms with Gasteiger partial charge in [0.25, 0.3) is 0 Å². The van der Waals surface area contributed by atoms with Crippen molar-refractivity contribution < 1.29 is 9.53 Å². The number of aromatic nitrogens is 4. The maximum Gasteiger partial charge on any atom is 0.313 e. The smallest absolute Gasteiger partial charge is 0.313 e. The lowest BCUT2D eigenvalue weighted by Gasteiger charge is -2.00. The predicted octanol–water partition coefficient (Wildman–Crippen LogP) is 0.883. The molecule has 0 spiro atoms. The highest BCUT2D eigenvalue weighted by atomic mass is 35.5. The second-order valence-electron chi connectivity index (χ2n) is 3.01. The zero-order valence-electron chi connectivity index (χ0n) is 8.55. The lowest BCUT2D eigenvalue weighted by Crippen LogP contribution is -2.10. The van der Waals surface area contributed by atoms with Crippen LogP contribution in [0.15, 0.2) is 12.4 Å². The Bertz CT molecular complexity index is 525. The van der Waals surface area contributed by atoms with Gasteiger partial charge in [0, 0.05) is 12.4 Å². The van der Waals surface area contributed by atoms with E-state index in [1.165, 1.54) is 6.20 Å². The van der Waals surface area contributed by atoms with Gasteiger partial charge in [0.1, 0.15) is 12.2 Å². The highest BCUT2D eigenvalue weighted by Gasteiger charge is 2.12. The summed E-state index contributed by atoms with van der Waals surface area (Å²) in [5.41, 5.74) is 0.434. The number of hydrogen-bond acceptors (Lipinski definition) is 5. The molecule has 0 aliphatic rings. The quantitative estimate of drug-likeness (QED) is 0.745. The molecular formula is C9H9ClN4O2. The van der Waals surface area contributed by atoms with Crippen molar-refractivity contribution in [1.82, 2.24) is 19.6 Å². The maximum atomic E-state index is 11.3. The molecule has 0 aromatic carbocycles. The number of esters is 1. The van der Waals surface area contributed by atoms with Gasteiger partial charge in [0.2, 0.25) is 0 Å². The average Bonchev–Trinajstić information content (AvgIpc) is 2.64. The molecule has 2 aromatic rings. The Morgan fingerprint density at radius 3 is 3.12 bits per heavy atom. The van der Waals surface area contributed by atoms with Crippen molar-refractivity contribution in [2.45, 2.75) is 13.3 Å². The number of carbonyl (C=O) groups excluding carboxylic acids is 1. The van der Waals surface area contributed by atoms with Gasteiger partial charge in [-0.05, 0) is 6.92 Å². The second kappa shape index (κ2) is 4.44. The van der Waals surface area contributed by atoms with Crippen molar-refractivity contribution in [2.75, 3.05) is 6.61 Å². The summed E-state index contributed by atoms with van der Waals surface area (Å²) in [5.74, 6) is 0.141. The van der Waals surface area contributed by atoms with E-state index in [9.17, 15) is 4.79 Å². The van der Waals surface area contributed by atoms with Gasteiger partial charge in [-0.2, -0.15) is 0 Å². The zero-order valence-corrected chi connectivity index (χ0v) is 9.31. The highest BCUT2D eigenvalue weighted by Crippen LogP contribution is 2.12. The normalized spacial score (nSPS) is 10.6. The van der Waals surface area contributed by atoms with Crippen molar-refractivity contribution in [3.63, 3.8) is 0 Å². The van der Waals surface area contributed by atoms with E-state index < -0.39 is 0 Å². The molecular weight excluding hydrogens is 232 g/mol. The molecule has 0 radical (unpaired) electrons. The zero-order chi connectivity index (χ0) is 11.5. The third-order valence-electron chi connectivity index (χ3n) is 1.96. The van der Waals surface area contributed by atoms with Gasteiger partial charge in [-0.1, -0.05) is 11.6 Å². The van der Waals surface area contributed by atoms with Crippen molar-refractivity contribution in [1.29, 1.82) is 0 Å². The molecule has 16 heavy (non-hydrogen) atoms. The third kappa shape index (κ3) is 1.96. The van der Waals surface area contributed by atoms with E-state index in [4.69, 9.17) is 16.3 Å². The van der Waals surface area contributed by atoms with E-state index in [0.717, 1.165) is 0 Å². The van der Waals surface area contributed by atoms with Crippen LogP contribution in [0.25, 0.3) is 5.65 Å². The molecule has 0 N–H and O–H groups in total. The molecule has 6 nitrogen and oxygen atoms in total. The van der Waals surface area contributed by atoms with Crippen LogP contribution in [-0.4, -0.2) is 32.2 Å². The molecule has 0 bridgehead atoms. The minimum absolute atomic E-state index is 0.0648. The first-order valence-electron chi connectivity index (χ1n) is 4.72. The third-order valence-corrected chi connectivity index (χ3v) is 2.23. The standard InChI is InChI=1S/C9H9ClN4O2/c1-2-16-7(15)5-6-12-13-9-8(10)11-3-4-14(6)9/h3-4H,2,5H2,1H3. The molecule has 0 saturated heterocycles. The van der Waals surface area contributed by atoms with Crippen LogP contribution in [0.4, 0.5) is 0 Å². The Balaban J connectivity index is 2.32. The lowest BCUT2D eigenvalue weighted by atomic mass is 10.4. The SMILES string of the molecule is CCOC(=O)Cc1nnc2c(Cl)nccn12. The van der Waals surface area contributed by atoms with Crippen molar-refractivity contribution in [3.05, 3.63) is 23.4 Å². The number of carbonyl (C=O) groups is 1. The monoisotopic (exact) mass is 240 g/mol. The van der Waals surface area contributed by atoms with Gasteiger partial charge < -0.3 is 4.74 Å². The summed E-state index contributed by atoms with van der Waals surface area (Å²) in [6.45, 7) is 2.10. The van der Waals surface area contributed by atoms with E-state index in [-0.39, 0.29) is 17.5 Å². The van der Waals surface area contributed by atoms with Crippen LogP contribution in [0.2, 0.25) is 5.15 Å². The first-order valence-corrected chi connectivity index (χ1v) is 5.10. The molecule has 2 heterocycles. The lowest BCUT2D eigenvalue weighted by molar-refractivity contribution is -0.142. The Labute approximate surface area is 96.2 Å². The van der Waals surface area contributed by atoms with Crippen molar-refractivity contribution >= 4 is 23.2 Å². The summed E-state index contributed by atoms with van der Waals surface area (Å²) in [4.78, 5) is 15.1. The van der Waals surface area contributed by atoms with Crippen LogP contribution < -0.4 is 0 Å².